The number of aliphatic hydroxyl groups excluding tert-OH is 11. The molecule has 0 aromatic rings. The van der Waals surface area contributed by atoms with Crippen molar-refractivity contribution in [2.24, 2.45) is 0 Å². The number of ether oxygens (including phenoxy) is 6. The van der Waals surface area contributed by atoms with Gasteiger partial charge in [-0.15, -0.1) is 0 Å². The van der Waals surface area contributed by atoms with Gasteiger partial charge in [-0.05, 0) is 122 Å². The summed E-state index contributed by atoms with van der Waals surface area (Å²) in [5.41, 5.74) is 0. The fourth-order valence-corrected chi connectivity index (χ4v) is 11.7. The lowest BCUT2D eigenvalue weighted by Gasteiger charge is -2.48. The van der Waals surface area contributed by atoms with Crippen LogP contribution in [-0.4, -0.2) is 193 Å². The van der Waals surface area contributed by atoms with Crippen LogP contribution in [0.1, 0.15) is 219 Å². The van der Waals surface area contributed by atoms with Crippen LogP contribution in [0.25, 0.3) is 0 Å². The van der Waals surface area contributed by atoms with Gasteiger partial charge < -0.3 is 89.9 Å². The molecule has 0 aromatic carbocycles. The quantitative estimate of drug-likeness (QED) is 0.0199. The summed E-state index contributed by atoms with van der Waals surface area (Å²) in [7, 11) is 0. The summed E-state index contributed by atoms with van der Waals surface area (Å²) in [5.74, 6) is -0.311. The van der Waals surface area contributed by atoms with Crippen LogP contribution in [0.5, 0.6) is 0 Å². The number of hydrogen-bond acceptors (Lipinski definition) is 18. The third-order valence-corrected chi connectivity index (χ3v) is 17.8. The van der Waals surface area contributed by atoms with Crippen molar-refractivity contribution in [1.29, 1.82) is 0 Å². The summed E-state index contributed by atoms with van der Waals surface area (Å²) < 4.78 is 34.3. The van der Waals surface area contributed by atoms with E-state index in [4.69, 9.17) is 28.4 Å². The number of allylic oxidation sites excluding steroid dienone is 25. The van der Waals surface area contributed by atoms with Gasteiger partial charge in [0.05, 0.1) is 38.6 Å². The number of aliphatic hydroxyl groups is 11. The predicted molar refractivity (Wildman–Crippen MR) is 401 cm³/mol. The Hall–Kier alpha value is -4.59. The second-order valence-corrected chi connectivity index (χ2v) is 26.4. The Balaban J connectivity index is 1.40. The zero-order chi connectivity index (χ0) is 73.2. The molecule has 3 aliphatic heterocycles. The van der Waals surface area contributed by atoms with Crippen molar-refractivity contribution in [2.45, 2.75) is 324 Å². The molecule has 0 bridgehead atoms. The lowest BCUT2D eigenvalue weighted by atomic mass is 9.96. The third-order valence-electron chi connectivity index (χ3n) is 17.8. The minimum absolute atomic E-state index is 0.204. The van der Waals surface area contributed by atoms with Crippen LogP contribution in [-0.2, 0) is 33.2 Å². The highest BCUT2D eigenvalue weighted by Crippen LogP contribution is 2.33. The van der Waals surface area contributed by atoms with Crippen molar-refractivity contribution in [1.82, 2.24) is 5.32 Å². The zero-order valence-electron chi connectivity index (χ0n) is 61.1. The molecular formula is C82H133NO18. The van der Waals surface area contributed by atoms with Crippen molar-refractivity contribution in [3.63, 3.8) is 0 Å². The summed E-state index contributed by atoms with van der Waals surface area (Å²) in [6.07, 6.45) is 62.2. The van der Waals surface area contributed by atoms with Crippen LogP contribution in [0.2, 0.25) is 0 Å². The van der Waals surface area contributed by atoms with Gasteiger partial charge in [0.15, 0.2) is 18.9 Å². The molecule has 3 aliphatic rings. The van der Waals surface area contributed by atoms with Gasteiger partial charge in [0.2, 0.25) is 5.91 Å². The number of carbonyl (C=O) groups excluding carboxylic acids is 1. The number of hydrogen-bond donors (Lipinski definition) is 12. The van der Waals surface area contributed by atoms with Gasteiger partial charge in [-0.3, -0.25) is 4.79 Å². The molecule has 19 heteroatoms. The smallest absolute Gasteiger partial charge is 0.220 e. The number of unbranched alkanes of at least 4 members (excludes halogenated alkanes) is 17. The molecule has 1 amide bonds. The molecule has 12 N–H and O–H groups in total. The van der Waals surface area contributed by atoms with Crippen LogP contribution in [0, 0.1) is 0 Å². The summed E-state index contributed by atoms with van der Waals surface area (Å²) in [6, 6.07) is -1.02. The standard InChI is InChI=1S/C82H133NO18/c1-3-5-7-9-11-13-15-17-19-21-23-24-25-26-27-28-29-30-31-32-33-34-35-36-37-38-39-40-42-44-46-48-50-52-54-56-58-60-70(88)83-65(66(87)59-57-55-53-51-49-47-45-43-41-22-20-18-16-14-12-10-8-6-4-2)64-96-80-76(94)73(91)78(68(62-85)98-80)101-82-77(95)74(92)79(69(63-86)99-82)100-81-75(93)72(90)71(89)67(61-84)97-81/h5,7,11,13,17,19,23-24,26-27,29-30,32-33,35-36,38-39,41-44,49,51,57,59,65-69,71-82,84-87,89-95H,3-4,6,8-10,12,14-16,18,20-22,25,28,31,34,37,40,45-48,50,52-56,58,60-64H2,1-2H3,(H,83,88)/b7-5-,13-11-,19-17-,24-23-,27-26-,30-29-,33-32-,36-35-,39-38-,43-41+,44-42-,51-49+,59-57+. The molecule has 574 valence electrons. The molecule has 0 aliphatic carbocycles. The van der Waals surface area contributed by atoms with Crippen LogP contribution in [0.15, 0.2) is 158 Å². The van der Waals surface area contributed by atoms with Gasteiger partial charge in [-0.25, -0.2) is 0 Å². The Morgan fingerprint density at radius 1 is 0.366 bits per heavy atom. The zero-order valence-corrected chi connectivity index (χ0v) is 61.1. The van der Waals surface area contributed by atoms with E-state index in [9.17, 15) is 61.0 Å². The molecule has 3 heterocycles. The third kappa shape index (κ3) is 41.0. The summed E-state index contributed by atoms with van der Waals surface area (Å²) in [6.45, 7) is 1.56. The largest absolute Gasteiger partial charge is 0.394 e. The molecule has 0 aromatic heterocycles. The lowest BCUT2D eigenvalue weighted by molar-refractivity contribution is -0.379. The Morgan fingerprint density at radius 3 is 1.11 bits per heavy atom. The lowest BCUT2D eigenvalue weighted by Crippen LogP contribution is -2.66. The van der Waals surface area contributed by atoms with E-state index in [2.05, 4.69) is 165 Å². The van der Waals surface area contributed by atoms with Crippen LogP contribution in [0.3, 0.4) is 0 Å². The van der Waals surface area contributed by atoms with Crippen LogP contribution in [0.4, 0.5) is 0 Å². The average molecular weight is 1420 g/mol. The molecule has 0 spiro atoms. The Kier molecular flexibility index (Phi) is 54.4. The van der Waals surface area contributed by atoms with E-state index < -0.39 is 124 Å². The first-order valence-corrected chi connectivity index (χ1v) is 38.2. The first kappa shape index (κ1) is 90.6. The second-order valence-electron chi connectivity index (χ2n) is 26.4. The maximum Gasteiger partial charge on any atom is 0.220 e. The molecule has 19 nitrogen and oxygen atoms in total. The van der Waals surface area contributed by atoms with E-state index in [0.29, 0.717) is 12.8 Å². The number of amides is 1. The maximum absolute atomic E-state index is 13.4. The summed E-state index contributed by atoms with van der Waals surface area (Å²) >= 11 is 0. The van der Waals surface area contributed by atoms with E-state index in [1.165, 1.54) is 57.8 Å². The van der Waals surface area contributed by atoms with E-state index in [0.717, 1.165) is 128 Å². The molecule has 17 unspecified atom stereocenters. The Labute approximate surface area is 605 Å². The first-order chi connectivity index (χ1) is 49.3. The van der Waals surface area contributed by atoms with Crippen molar-refractivity contribution < 1.29 is 89.4 Å². The molecular weight excluding hydrogens is 1290 g/mol. The van der Waals surface area contributed by atoms with Crippen molar-refractivity contribution in [3.05, 3.63) is 158 Å². The van der Waals surface area contributed by atoms with Crippen LogP contribution < -0.4 is 5.32 Å². The highest BCUT2D eigenvalue weighted by Gasteiger charge is 2.53. The van der Waals surface area contributed by atoms with E-state index in [-0.39, 0.29) is 18.9 Å². The molecule has 3 saturated heterocycles. The van der Waals surface area contributed by atoms with Gasteiger partial charge in [-0.1, -0.05) is 249 Å². The number of rotatable bonds is 57. The molecule has 0 saturated carbocycles. The molecule has 3 fully saturated rings. The molecule has 101 heavy (non-hydrogen) atoms. The summed E-state index contributed by atoms with van der Waals surface area (Å²) in [5, 5.41) is 121. The molecule has 3 rings (SSSR count). The van der Waals surface area contributed by atoms with Gasteiger partial charge >= 0.3 is 0 Å². The van der Waals surface area contributed by atoms with Crippen molar-refractivity contribution in [3.8, 4) is 0 Å². The van der Waals surface area contributed by atoms with Crippen LogP contribution >= 0.6 is 0 Å². The highest BCUT2D eigenvalue weighted by atomic mass is 16.8. The summed E-state index contributed by atoms with van der Waals surface area (Å²) in [4.78, 5) is 13.4. The Morgan fingerprint density at radius 2 is 0.693 bits per heavy atom. The SMILES string of the molecule is CC/C=C\C/C=C\C/C=C\C/C=C\C/C=C\C/C=C\C/C=C\C/C=C\C/C=C\C/C=C\CCCCCCCCC(=O)NC(COC1OC(CO)C(OC2OC(CO)C(OC3OC(CO)C(O)C(O)C3O)C(O)C2O)C(O)C1O)C(O)/C=C/CC/C=C/CC/C=C/CCCCCCCCCCC. The topological polar surface area (TPSA) is 307 Å². The predicted octanol–water partition coefficient (Wildman–Crippen LogP) is 12.1. The highest BCUT2D eigenvalue weighted by molar-refractivity contribution is 5.76. The van der Waals surface area contributed by atoms with E-state index >= 15 is 0 Å². The number of carbonyl (C=O) groups is 1. The van der Waals surface area contributed by atoms with Crippen molar-refractivity contribution >= 4 is 5.91 Å². The van der Waals surface area contributed by atoms with Gasteiger partial charge in [-0.2, -0.15) is 0 Å². The molecule has 17 atom stereocenters. The van der Waals surface area contributed by atoms with Gasteiger partial charge in [0.25, 0.3) is 0 Å². The minimum atomic E-state index is -1.99. The molecule has 0 radical (unpaired) electrons. The van der Waals surface area contributed by atoms with Gasteiger partial charge in [0.1, 0.15) is 73.2 Å². The average Bonchev–Trinajstić information content (AvgIpc) is 0.789. The van der Waals surface area contributed by atoms with Crippen molar-refractivity contribution in [2.75, 3.05) is 26.4 Å². The second kappa shape index (κ2) is 60.7. The fourth-order valence-electron chi connectivity index (χ4n) is 11.7. The first-order valence-electron chi connectivity index (χ1n) is 38.2. The fraction of sp³-hybridized carbons (Fsp3) is 0.671. The monoisotopic (exact) mass is 1420 g/mol. The Bertz CT molecular complexity index is 2440. The van der Waals surface area contributed by atoms with Gasteiger partial charge in [0, 0.05) is 6.42 Å². The van der Waals surface area contributed by atoms with E-state index in [1.54, 1.807) is 6.08 Å². The normalized spacial score (nSPS) is 27.2. The minimum Gasteiger partial charge on any atom is -0.394 e. The maximum atomic E-state index is 13.4. The van der Waals surface area contributed by atoms with E-state index in [1.807, 2.05) is 6.08 Å². The number of nitrogens with one attached hydrogen (secondary N) is 1.